The number of carbonyl (C=O) groups is 1. The van der Waals surface area contributed by atoms with Crippen LogP contribution < -0.4 is 0 Å². The van der Waals surface area contributed by atoms with Crippen LogP contribution in [0.5, 0.6) is 0 Å². The number of halogens is 1. The molecule has 1 aromatic carbocycles. The normalized spacial score (nSPS) is 14.5. The van der Waals surface area contributed by atoms with Crippen molar-refractivity contribution in [2.24, 2.45) is 5.92 Å². The first-order chi connectivity index (χ1) is 11.8. The maximum atomic E-state index is 12.6. The van der Waals surface area contributed by atoms with Crippen molar-refractivity contribution in [3.63, 3.8) is 0 Å². The van der Waals surface area contributed by atoms with Crippen LogP contribution in [-0.4, -0.2) is 30.2 Å². The predicted molar refractivity (Wildman–Crippen MR) is 102 cm³/mol. The second-order valence-electron chi connectivity index (χ2n) is 5.86. The van der Waals surface area contributed by atoms with Gasteiger partial charge >= 0.3 is 5.97 Å². The zero-order chi connectivity index (χ0) is 18.2. The van der Waals surface area contributed by atoms with Crippen molar-refractivity contribution in [2.75, 3.05) is 5.75 Å². The SMILES string of the molecule is C[C@H](c1c[nH]c2ccccc12)[C@H](CS(=O)(=O)c1ccc(Br)s1)C(=O)O. The Bertz CT molecular complexity index is 1020. The lowest BCUT2D eigenvalue weighted by atomic mass is 9.88. The van der Waals surface area contributed by atoms with Crippen LogP contribution in [0, 0.1) is 5.92 Å². The molecule has 0 aliphatic carbocycles. The van der Waals surface area contributed by atoms with E-state index in [1.54, 1.807) is 19.2 Å². The lowest BCUT2D eigenvalue weighted by Crippen LogP contribution is -2.28. The van der Waals surface area contributed by atoms with E-state index in [2.05, 4.69) is 20.9 Å². The molecule has 0 bridgehead atoms. The molecule has 0 aliphatic heterocycles. The van der Waals surface area contributed by atoms with Crippen LogP contribution in [-0.2, 0) is 14.6 Å². The van der Waals surface area contributed by atoms with Gasteiger partial charge in [-0.05, 0) is 45.6 Å². The van der Waals surface area contributed by atoms with E-state index in [1.807, 2.05) is 24.3 Å². The first kappa shape index (κ1) is 18.2. The number of fused-ring (bicyclic) bond motifs is 1. The first-order valence-corrected chi connectivity index (χ1v) is 10.8. The molecular formula is C17H16BrNO4S2. The van der Waals surface area contributed by atoms with Crippen LogP contribution in [0.4, 0.5) is 0 Å². The second-order valence-corrected chi connectivity index (χ2v) is 10.6. The molecule has 8 heteroatoms. The van der Waals surface area contributed by atoms with Gasteiger partial charge in [0.2, 0.25) is 0 Å². The molecule has 2 N–H and O–H groups in total. The molecule has 2 atom stereocenters. The fourth-order valence-electron chi connectivity index (χ4n) is 2.90. The molecule has 3 aromatic rings. The Balaban J connectivity index is 1.95. The Hall–Kier alpha value is -1.64. The Morgan fingerprint density at radius 1 is 1.28 bits per heavy atom. The summed E-state index contributed by atoms with van der Waals surface area (Å²) in [6.07, 6.45) is 1.76. The van der Waals surface area contributed by atoms with Crippen molar-refractivity contribution in [1.82, 2.24) is 4.98 Å². The molecule has 0 saturated carbocycles. The van der Waals surface area contributed by atoms with Crippen molar-refractivity contribution in [3.8, 4) is 0 Å². The van der Waals surface area contributed by atoms with Gasteiger partial charge in [0.05, 0.1) is 15.5 Å². The van der Waals surface area contributed by atoms with E-state index in [1.165, 1.54) is 6.07 Å². The van der Waals surface area contributed by atoms with Gasteiger partial charge in [-0.2, -0.15) is 0 Å². The number of nitrogens with one attached hydrogen (secondary N) is 1. The molecule has 2 heterocycles. The van der Waals surface area contributed by atoms with E-state index in [-0.39, 0.29) is 4.21 Å². The second kappa shape index (κ2) is 6.93. The summed E-state index contributed by atoms with van der Waals surface area (Å²) in [5.74, 6) is -3.04. The molecule has 0 radical (unpaired) electrons. The van der Waals surface area contributed by atoms with Gasteiger partial charge in [0.15, 0.2) is 9.84 Å². The zero-order valence-corrected chi connectivity index (χ0v) is 16.5. The van der Waals surface area contributed by atoms with Crippen molar-refractivity contribution in [2.45, 2.75) is 17.1 Å². The number of carboxylic acid groups (broad SMARTS) is 1. The highest BCUT2D eigenvalue weighted by atomic mass is 79.9. The molecule has 3 rings (SSSR count). The van der Waals surface area contributed by atoms with Gasteiger partial charge in [-0.3, -0.25) is 4.79 Å². The van der Waals surface area contributed by atoms with Gasteiger partial charge < -0.3 is 10.1 Å². The molecule has 0 fully saturated rings. The number of benzene rings is 1. The molecule has 0 saturated heterocycles. The van der Waals surface area contributed by atoms with Crippen LogP contribution >= 0.6 is 27.3 Å². The third-order valence-electron chi connectivity index (χ3n) is 4.29. The summed E-state index contributed by atoms with van der Waals surface area (Å²) in [6.45, 7) is 1.76. The van der Waals surface area contributed by atoms with Gasteiger partial charge in [-0.1, -0.05) is 25.1 Å². The molecule has 2 aromatic heterocycles. The number of H-pyrrole nitrogens is 1. The number of aromatic nitrogens is 1. The lowest BCUT2D eigenvalue weighted by Gasteiger charge is -2.19. The molecule has 0 aliphatic rings. The lowest BCUT2D eigenvalue weighted by molar-refractivity contribution is -0.141. The molecule has 0 amide bonds. The summed E-state index contributed by atoms with van der Waals surface area (Å²) in [5.41, 5.74) is 1.71. The zero-order valence-electron chi connectivity index (χ0n) is 13.3. The van der Waals surface area contributed by atoms with Crippen molar-refractivity contribution >= 4 is 54.0 Å². The third-order valence-corrected chi connectivity index (χ3v) is 8.26. The summed E-state index contributed by atoms with van der Waals surface area (Å²) < 4.78 is 26.1. The minimum atomic E-state index is -3.68. The summed E-state index contributed by atoms with van der Waals surface area (Å²) in [6, 6.07) is 10.7. The number of hydrogen-bond donors (Lipinski definition) is 2. The topological polar surface area (TPSA) is 87.2 Å². The molecule has 0 unspecified atom stereocenters. The third kappa shape index (κ3) is 3.65. The summed E-state index contributed by atoms with van der Waals surface area (Å²) >= 11 is 4.33. The van der Waals surface area contributed by atoms with Crippen LogP contribution in [0.15, 0.2) is 50.6 Å². The Morgan fingerprint density at radius 3 is 2.64 bits per heavy atom. The van der Waals surface area contributed by atoms with E-state index in [0.29, 0.717) is 3.79 Å². The number of sulfone groups is 1. The molecule has 5 nitrogen and oxygen atoms in total. The van der Waals surface area contributed by atoms with E-state index >= 15 is 0 Å². The van der Waals surface area contributed by atoms with Gasteiger partial charge in [-0.25, -0.2) is 8.42 Å². The van der Waals surface area contributed by atoms with Gasteiger partial charge in [0.1, 0.15) is 4.21 Å². The molecule has 25 heavy (non-hydrogen) atoms. The Kier molecular flexibility index (Phi) is 5.04. The molecule has 132 valence electrons. The summed E-state index contributed by atoms with van der Waals surface area (Å²) in [4.78, 5) is 14.9. The average Bonchev–Trinajstić information content (AvgIpc) is 3.18. The van der Waals surface area contributed by atoms with E-state index in [4.69, 9.17) is 0 Å². The smallest absolute Gasteiger partial charge is 0.308 e. The maximum Gasteiger partial charge on any atom is 0.308 e. The highest BCUT2D eigenvalue weighted by Gasteiger charge is 2.33. The molecular weight excluding hydrogens is 426 g/mol. The minimum absolute atomic E-state index is 0.178. The quantitative estimate of drug-likeness (QED) is 0.597. The van der Waals surface area contributed by atoms with Crippen molar-refractivity contribution in [3.05, 3.63) is 51.9 Å². The van der Waals surface area contributed by atoms with E-state index < -0.39 is 33.4 Å². The predicted octanol–water partition coefficient (Wildman–Crippen LogP) is 4.27. The monoisotopic (exact) mass is 441 g/mol. The average molecular weight is 442 g/mol. The highest BCUT2D eigenvalue weighted by molar-refractivity contribution is 9.11. The maximum absolute atomic E-state index is 12.6. The number of para-hydroxylation sites is 1. The Labute approximate surface area is 157 Å². The first-order valence-electron chi connectivity index (χ1n) is 7.56. The Morgan fingerprint density at radius 2 is 2.00 bits per heavy atom. The van der Waals surface area contributed by atoms with Crippen LogP contribution in [0.1, 0.15) is 18.4 Å². The van der Waals surface area contributed by atoms with Crippen LogP contribution in [0.25, 0.3) is 10.9 Å². The molecule has 0 spiro atoms. The fraction of sp³-hybridized carbons (Fsp3) is 0.235. The summed E-state index contributed by atoms with van der Waals surface area (Å²) in [7, 11) is -3.68. The standard InChI is InChI=1S/C17H16BrNO4S2/c1-10(12-8-19-14-5-3-2-4-11(12)14)13(17(20)21)9-25(22,23)16-7-6-15(18)24-16/h2-8,10,13,19H,9H2,1H3,(H,20,21)/t10-,13+/m1/s1. The number of rotatable bonds is 6. The number of thiophene rings is 1. The van der Waals surface area contributed by atoms with Crippen LogP contribution in [0.3, 0.4) is 0 Å². The van der Waals surface area contributed by atoms with Crippen LogP contribution in [0.2, 0.25) is 0 Å². The fourth-order valence-corrected chi connectivity index (χ4v) is 6.67. The van der Waals surface area contributed by atoms with E-state index in [9.17, 15) is 18.3 Å². The number of aliphatic carboxylic acids is 1. The number of hydrogen-bond acceptors (Lipinski definition) is 4. The summed E-state index contributed by atoms with van der Waals surface area (Å²) in [5, 5.41) is 10.6. The number of aromatic amines is 1. The van der Waals surface area contributed by atoms with Gasteiger partial charge in [0.25, 0.3) is 0 Å². The van der Waals surface area contributed by atoms with Crippen molar-refractivity contribution < 1.29 is 18.3 Å². The number of carboxylic acids is 1. The minimum Gasteiger partial charge on any atom is -0.481 e. The highest BCUT2D eigenvalue weighted by Crippen LogP contribution is 2.34. The van der Waals surface area contributed by atoms with Gasteiger partial charge in [0, 0.05) is 17.1 Å². The van der Waals surface area contributed by atoms with E-state index in [0.717, 1.165) is 27.8 Å². The van der Waals surface area contributed by atoms with Gasteiger partial charge in [-0.15, -0.1) is 11.3 Å². The van der Waals surface area contributed by atoms with Crippen molar-refractivity contribution in [1.29, 1.82) is 0 Å². The largest absolute Gasteiger partial charge is 0.481 e.